The predicted octanol–water partition coefficient (Wildman–Crippen LogP) is 0.852. The standard InChI is InChI=1S/C16H18O6/c17-11-6-18-12-8-19-13-9-21-16(10-4-2-1-3-5-10)22-15(13)14(12)20-7-11/h1-5,12-16H,6-9H2/t12-,13+,14+,15+,16+/m0/s1. The molecule has 5 atom stereocenters. The number of ether oxygens (including phenoxy) is 5. The Morgan fingerprint density at radius 3 is 2.41 bits per heavy atom. The van der Waals surface area contributed by atoms with Crippen molar-refractivity contribution < 1.29 is 28.5 Å². The quantitative estimate of drug-likeness (QED) is 0.766. The molecule has 3 saturated heterocycles. The summed E-state index contributed by atoms with van der Waals surface area (Å²) < 4.78 is 28.9. The van der Waals surface area contributed by atoms with Gasteiger partial charge in [-0.25, -0.2) is 0 Å². The fourth-order valence-electron chi connectivity index (χ4n) is 3.06. The van der Waals surface area contributed by atoms with Crippen LogP contribution in [0.5, 0.6) is 0 Å². The molecule has 0 unspecified atom stereocenters. The summed E-state index contributed by atoms with van der Waals surface area (Å²) in [5.41, 5.74) is 0.952. The number of hydrogen-bond acceptors (Lipinski definition) is 6. The number of carbonyl (C=O) groups is 1. The van der Waals surface area contributed by atoms with Crippen LogP contribution in [-0.2, 0) is 28.5 Å². The number of benzene rings is 1. The van der Waals surface area contributed by atoms with Crippen LogP contribution in [-0.4, -0.2) is 56.6 Å². The molecule has 0 spiro atoms. The van der Waals surface area contributed by atoms with Crippen LogP contribution in [0.4, 0.5) is 0 Å². The van der Waals surface area contributed by atoms with Gasteiger partial charge in [0, 0.05) is 5.56 Å². The van der Waals surface area contributed by atoms with Gasteiger partial charge in [0.1, 0.15) is 37.6 Å². The molecule has 3 aliphatic heterocycles. The molecule has 6 nitrogen and oxygen atoms in total. The second-order valence-corrected chi connectivity index (χ2v) is 5.71. The van der Waals surface area contributed by atoms with Crippen molar-refractivity contribution in [3.05, 3.63) is 35.9 Å². The Labute approximate surface area is 128 Å². The van der Waals surface area contributed by atoms with Crippen LogP contribution in [0.1, 0.15) is 11.9 Å². The molecule has 0 N–H and O–H groups in total. The van der Waals surface area contributed by atoms with E-state index in [4.69, 9.17) is 23.7 Å². The minimum absolute atomic E-state index is 0.0578. The number of ketones is 1. The molecule has 0 radical (unpaired) electrons. The molecule has 118 valence electrons. The number of fused-ring (bicyclic) bond motifs is 3. The molecule has 0 amide bonds. The Balaban J connectivity index is 1.53. The van der Waals surface area contributed by atoms with Crippen LogP contribution < -0.4 is 0 Å². The third kappa shape index (κ3) is 2.68. The number of carbonyl (C=O) groups excluding carboxylic acids is 1. The van der Waals surface area contributed by atoms with Crippen LogP contribution in [0.2, 0.25) is 0 Å². The van der Waals surface area contributed by atoms with Gasteiger partial charge in [0.25, 0.3) is 0 Å². The average molecular weight is 306 g/mol. The summed E-state index contributed by atoms with van der Waals surface area (Å²) >= 11 is 0. The third-order valence-electron chi connectivity index (χ3n) is 4.19. The molecule has 1 aromatic rings. The van der Waals surface area contributed by atoms with Gasteiger partial charge in [-0.05, 0) is 0 Å². The van der Waals surface area contributed by atoms with Gasteiger partial charge >= 0.3 is 0 Å². The predicted molar refractivity (Wildman–Crippen MR) is 74.2 cm³/mol. The van der Waals surface area contributed by atoms with Crippen molar-refractivity contribution in [2.24, 2.45) is 0 Å². The Morgan fingerprint density at radius 1 is 0.818 bits per heavy atom. The molecule has 0 aromatic heterocycles. The lowest BCUT2D eigenvalue weighted by Crippen LogP contribution is -2.59. The molecule has 3 aliphatic rings. The summed E-state index contributed by atoms with van der Waals surface area (Å²) in [6, 6.07) is 9.75. The van der Waals surface area contributed by atoms with E-state index in [1.54, 1.807) is 0 Å². The highest BCUT2D eigenvalue weighted by Gasteiger charge is 2.48. The average Bonchev–Trinajstić information content (AvgIpc) is 2.77. The van der Waals surface area contributed by atoms with E-state index in [1.165, 1.54) is 0 Å². The lowest BCUT2D eigenvalue weighted by atomic mass is 9.98. The van der Waals surface area contributed by atoms with E-state index in [0.717, 1.165) is 5.56 Å². The number of rotatable bonds is 1. The molecule has 0 aliphatic carbocycles. The summed E-state index contributed by atoms with van der Waals surface area (Å²) in [5.74, 6) is -0.0578. The minimum Gasteiger partial charge on any atom is -0.370 e. The van der Waals surface area contributed by atoms with Crippen LogP contribution >= 0.6 is 0 Å². The lowest BCUT2D eigenvalue weighted by Gasteiger charge is -2.45. The fourth-order valence-corrected chi connectivity index (χ4v) is 3.06. The van der Waals surface area contributed by atoms with Crippen molar-refractivity contribution in [3.63, 3.8) is 0 Å². The van der Waals surface area contributed by atoms with Crippen molar-refractivity contribution in [3.8, 4) is 0 Å². The van der Waals surface area contributed by atoms with E-state index in [9.17, 15) is 4.79 Å². The monoisotopic (exact) mass is 306 g/mol. The van der Waals surface area contributed by atoms with Gasteiger partial charge in [-0.2, -0.15) is 0 Å². The van der Waals surface area contributed by atoms with Crippen LogP contribution in [0, 0.1) is 0 Å². The smallest absolute Gasteiger partial charge is 0.184 e. The van der Waals surface area contributed by atoms with Crippen molar-refractivity contribution in [1.82, 2.24) is 0 Å². The minimum atomic E-state index is -0.452. The lowest BCUT2D eigenvalue weighted by molar-refractivity contribution is -0.318. The topological polar surface area (TPSA) is 63.2 Å². The van der Waals surface area contributed by atoms with E-state index in [-0.39, 0.29) is 43.4 Å². The third-order valence-corrected chi connectivity index (χ3v) is 4.19. The first-order valence-corrected chi connectivity index (χ1v) is 7.50. The largest absolute Gasteiger partial charge is 0.370 e. The first kappa shape index (κ1) is 14.3. The van der Waals surface area contributed by atoms with E-state index in [1.807, 2.05) is 30.3 Å². The molecular formula is C16H18O6. The maximum absolute atomic E-state index is 11.5. The van der Waals surface area contributed by atoms with Crippen molar-refractivity contribution in [2.45, 2.75) is 30.7 Å². The van der Waals surface area contributed by atoms with Crippen molar-refractivity contribution in [2.75, 3.05) is 26.4 Å². The molecule has 1 aromatic carbocycles. The first-order valence-electron chi connectivity index (χ1n) is 7.50. The molecule has 0 saturated carbocycles. The second-order valence-electron chi connectivity index (χ2n) is 5.71. The van der Waals surface area contributed by atoms with Gasteiger partial charge in [-0.3, -0.25) is 4.79 Å². The highest BCUT2D eigenvalue weighted by molar-refractivity contribution is 5.81. The van der Waals surface area contributed by atoms with Gasteiger partial charge < -0.3 is 23.7 Å². The van der Waals surface area contributed by atoms with Gasteiger partial charge in [-0.15, -0.1) is 0 Å². The van der Waals surface area contributed by atoms with Crippen molar-refractivity contribution in [1.29, 1.82) is 0 Å². The van der Waals surface area contributed by atoms with Gasteiger partial charge in [0.15, 0.2) is 12.1 Å². The molecule has 22 heavy (non-hydrogen) atoms. The zero-order valence-corrected chi connectivity index (χ0v) is 12.1. The number of Topliss-reactive ketones (excluding diaryl/α,β-unsaturated/α-hetero) is 1. The fraction of sp³-hybridized carbons (Fsp3) is 0.562. The van der Waals surface area contributed by atoms with E-state index in [2.05, 4.69) is 0 Å². The molecular weight excluding hydrogens is 288 g/mol. The molecule has 4 rings (SSSR count). The van der Waals surface area contributed by atoms with Crippen LogP contribution in [0.3, 0.4) is 0 Å². The Bertz CT molecular complexity index is 533. The molecule has 6 heteroatoms. The van der Waals surface area contributed by atoms with E-state index in [0.29, 0.717) is 13.2 Å². The Morgan fingerprint density at radius 2 is 1.55 bits per heavy atom. The van der Waals surface area contributed by atoms with Crippen LogP contribution in [0.15, 0.2) is 30.3 Å². The first-order chi connectivity index (χ1) is 10.8. The van der Waals surface area contributed by atoms with E-state index < -0.39 is 6.29 Å². The van der Waals surface area contributed by atoms with Crippen LogP contribution in [0.25, 0.3) is 0 Å². The van der Waals surface area contributed by atoms with Gasteiger partial charge in [-0.1, -0.05) is 30.3 Å². The SMILES string of the molecule is O=C1CO[C@H]2[C@@H]3O[C@H](c4ccccc4)OC[C@H]3OC[C@@H]2OC1. The number of hydrogen-bond donors (Lipinski definition) is 0. The highest BCUT2D eigenvalue weighted by Crippen LogP contribution is 2.34. The highest BCUT2D eigenvalue weighted by atomic mass is 16.7. The Kier molecular flexibility index (Phi) is 3.94. The summed E-state index contributed by atoms with van der Waals surface area (Å²) in [6.45, 7) is 0.956. The maximum atomic E-state index is 11.5. The zero-order valence-electron chi connectivity index (χ0n) is 12.1. The Hall–Kier alpha value is -1.31. The molecule has 3 fully saturated rings. The van der Waals surface area contributed by atoms with Gasteiger partial charge in [0.05, 0.1) is 13.2 Å². The maximum Gasteiger partial charge on any atom is 0.184 e. The molecule has 0 bridgehead atoms. The second kappa shape index (κ2) is 6.06. The normalized spacial score (nSPS) is 38.7. The van der Waals surface area contributed by atoms with Gasteiger partial charge in [0.2, 0.25) is 0 Å². The summed E-state index contributed by atoms with van der Waals surface area (Å²) in [4.78, 5) is 11.5. The van der Waals surface area contributed by atoms with Crippen molar-refractivity contribution >= 4 is 5.78 Å². The summed E-state index contributed by atoms with van der Waals surface area (Å²) in [7, 11) is 0. The summed E-state index contributed by atoms with van der Waals surface area (Å²) in [5, 5.41) is 0. The zero-order chi connectivity index (χ0) is 14.9. The van der Waals surface area contributed by atoms with E-state index >= 15 is 0 Å². The summed E-state index contributed by atoms with van der Waals surface area (Å²) in [6.07, 6.45) is -1.53. The molecule has 3 heterocycles.